The minimum atomic E-state index is -0.580. The number of rotatable bonds is 9. The van der Waals surface area contributed by atoms with Crippen LogP contribution in [0.25, 0.3) is 28.4 Å². The van der Waals surface area contributed by atoms with Gasteiger partial charge in [-0.25, -0.2) is 4.79 Å². The van der Waals surface area contributed by atoms with Crippen molar-refractivity contribution < 1.29 is 28.2 Å². The summed E-state index contributed by atoms with van der Waals surface area (Å²) in [6.07, 6.45) is 3.08. The van der Waals surface area contributed by atoms with Crippen molar-refractivity contribution in [2.75, 3.05) is 13.7 Å². The minimum Gasteiger partial charge on any atom is -0.497 e. The molecule has 4 aromatic carbocycles. The number of ether oxygens (including phenoxy) is 3. The number of para-hydroxylation sites is 1. The minimum absolute atomic E-state index is 0.186. The van der Waals surface area contributed by atoms with Gasteiger partial charge >= 0.3 is 5.97 Å². The molecular formula is C33H26O6. The van der Waals surface area contributed by atoms with E-state index in [2.05, 4.69) is 0 Å². The van der Waals surface area contributed by atoms with Crippen LogP contribution in [0.4, 0.5) is 0 Å². The molecular weight excluding hydrogens is 492 g/mol. The van der Waals surface area contributed by atoms with Crippen molar-refractivity contribution >= 4 is 28.8 Å². The second kappa shape index (κ2) is 11.5. The maximum absolute atomic E-state index is 13.7. The number of carbonyl (C=O) groups is 2. The third kappa shape index (κ3) is 5.60. The molecule has 6 heteroatoms. The van der Waals surface area contributed by atoms with Crippen LogP contribution in [0, 0.1) is 0 Å². The smallest absolute Gasteiger partial charge is 0.348 e. The second-order valence-corrected chi connectivity index (χ2v) is 8.62. The molecule has 0 amide bonds. The average molecular weight is 519 g/mol. The summed E-state index contributed by atoms with van der Waals surface area (Å²) in [7, 11) is 1.57. The topological polar surface area (TPSA) is 75.0 Å². The highest BCUT2D eigenvalue weighted by molar-refractivity contribution is 6.10. The quantitative estimate of drug-likeness (QED) is 0.0865. The third-order valence-electron chi connectivity index (χ3n) is 6.12. The number of carbonyl (C=O) groups excluding carboxylic acids is 2. The highest BCUT2D eigenvalue weighted by Crippen LogP contribution is 2.36. The lowest BCUT2D eigenvalue weighted by atomic mass is 10.1. The highest BCUT2D eigenvalue weighted by atomic mass is 16.5. The molecule has 0 saturated heterocycles. The molecule has 0 radical (unpaired) electrons. The number of allylic oxidation sites excluding steroid dienone is 1. The molecule has 0 aliphatic rings. The molecule has 6 nitrogen and oxygen atoms in total. The Bertz CT molecular complexity index is 1650. The molecule has 1 heterocycles. The van der Waals surface area contributed by atoms with E-state index in [1.54, 1.807) is 73.8 Å². The molecule has 5 aromatic rings. The van der Waals surface area contributed by atoms with E-state index in [-0.39, 0.29) is 5.78 Å². The molecule has 0 aliphatic carbocycles. The molecule has 0 bridgehead atoms. The van der Waals surface area contributed by atoms with Gasteiger partial charge in [-0.15, -0.1) is 0 Å². The maximum Gasteiger partial charge on any atom is 0.348 e. The van der Waals surface area contributed by atoms with E-state index in [0.717, 1.165) is 5.56 Å². The Labute approximate surface area is 226 Å². The normalized spacial score (nSPS) is 11.0. The van der Waals surface area contributed by atoms with Crippen LogP contribution < -0.4 is 14.2 Å². The van der Waals surface area contributed by atoms with Crippen LogP contribution in [-0.4, -0.2) is 25.5 Å². The second-order valence-electron chi connectivity index (χ2n) is 8.62. The van der Waals surface area contributed by atoms with Crippen molar-refractivity contribution in [3.8, 4) is 28.6 Å². The maximum atomic E-state index is 13.7. The van der Waals surface area contributed by atoms with E-state index >= 15 is 0 Å². The summed E-state index contributed by atoms with van der Waals surface area (Å²) in [4.78, 5) is 26.4. The Morgan fingerprint density at radius 1 is 0.846 bits per heavy atom. The Morgan fingerprint density at radius 2 is 1.56 bits per heavy atom. The van der Waals surface area contributed by atoms with E-state index in [9.17, 15) is 9.59 Å². The first-order valence-electron chi connectivity index (χ1n) is 12.5. The number of ketones is 1. The van der Waals surface area contributed by atoms with Crippen molar-refractivity contribution in [2.45, 2.75) is 6.92 Å². The number of furan rings is 1. The zero-order valence-electron chi connectivity index (χ0n) is 21.5. The van der Waals surface area contributed by atoms with Crippen molar-refractivity contribution in [1.29, 1.82) is 0 Å². The standard InChI is InChI=1S/C33H26O6/c1-3-37-26-18-20-30-27(21-26)31(32(38-30)24-10-5-4-6-11-24)33(35)39-29-12-8-7-9-23(29)15-19-28(34)22-13-16-25(36-2)17-14-22/h4-21H,3H2,1-2H3. The Balaban J connectivity index is 1.48. The van der Waals surface area contributed by atoms with Gasteiger partial charge in [0.1, 0.15) is 34.2 Å². The van der Waals surface area contributed by atoms with Gasteiger partial charge in [0.05, 0.1) is 13.7 Å². The third-order valence-corrected chi connectivity index (χ3v) is 6.12. The summed E-state index contributed by atoms with van der Waals surface area (Å²) in [5.74, 6) is 1.25. The zero-order valence-corrected chi connectivity index (χ0v) is 21.5. The van der Waals surface area contributed by atoms with E-state index < -0.39 is 5.97 Å². The Hall–Kier alpha value is -5.10. The molecule has 0 unspecified atom stereocenters. The first-order valence-corrected chi connectivity index (χ1v) is 12.5. The van der Waals surface area contributed by atoms with E-state index in [1.807, 2.05) is 43.3 Å². The number of fused-ring (bicyclic) bond motifs is 1. The number of esters is 1. The first-order chi connectivity index (χ1) is 19.1. The van der Waals surface area contributed by atoms with Crippen LogP contribution in [-0.2, 0) is 0 Å². The van der Waals surface area contributed by atoms with Crippen molar-refractivity contribution in [3.63, 3.8) is 0 Å². The first kappa shape index (κ1) is 25.5. The fourth-order valence-electron chi connectivity index (χ4n) is 4.21. The van der Waals surface area contributed by atoms with Crippen molar-refractivity contribution in [3.05, 3.63) is 120 Å². The molecule has 0 fully saturated rings. The molecule has 1 aromatic heterocycles. The monoisotopic (exact) mass is 518 g/mol. The van der Waals surface area contributed by atoms with Crippen LogP contribution in [0.1, 0.15) is 33.2 Å². The van der Waals surface area contributed by atoms with Crippen LogP contribution in [0.2, 0.25) is 0 Å². The van der Waals surface area contributed by atoms with Gasteiger partial charge in [-0.3, -0.25) is 4.79 Å². The Kier molecular flexibility index (Phi) is 7.55. The molecule has 194 valence electrons. The van der Waals surface area contributed by atoms with Crippen LogP contribution in [0.3, 0.4) is 0 Å². The summed E-state index contributed by atoms with van der Waals surface area (Å²) in [5, 5.41) is 0.590. The number of benzene rings is 4. The van der Waals surface area contributed by atoms with Gasteiger partial charge in [0, 0.05) is 22.1 Å². The van der Waals surface area contributed by atoms with Gasteiger partial charge in [0.2, 0.25) is 0 Å². The van der Waals surface area contributed by atoms with Crippen LogP contribution in [0.15, 0.2) is 108 Å². The lowest BCUT2D eigenvalue weighted by Gasteiger charge is -2.09. The zero-order chi connectivity index (χ0) is 27.2. The van der Waals surface area contributed by atoms with Gasteiger partial charge < -0.3 is 18.6 Å². The van der Waals surface area contributed by atoms with E-state index in [4.69, 9.17) is 18.6 Å². The summed E-state index contributed by atoms with van der Waals surface area (Å²) in [5.41, 5.74) is 2.69. The van der Waals surface area contributed by atoms with Gasteiger partial charge in [-0.2, -0.15) is 0 Å². The summed E-state index contributed by atoms with van der Waals surface area (Å²) in [6.45, 7) is 2.39. The molecule has 0 spiro atoms. The lowest BCUT2D eigenvalue weighted by molar-refractivity contribution is 0.0736. The van der Waals surface area contributed by atoms with Crippen molar-refractivity contribution in [1.82, 2.24) is 0 Å². The summed E-state index contributed by atoms with van der Waals surface area (Å²) >= 11 is 0. The van der Waals surface area contributed by atoms with E-state index in [1.165, 1.54) is 6.08 Å². The van der Waals surface area contributed by atoms with Gasteiger partial charge in [0.15, 0.2) is 5.78 Å². The predicted molar refractivity (Wildman–Crippen MR) is 151 cm³/mol. The van der Waals surface area contributed by atoms with Gasteiger partial charge in [0.25, 0.3) is 0 Å². The molecule has 0 saturated carbocycles. The number of hydrogen-bond acceptors (Lipinski definition) is 6. The predicted octanol–water partition coefficient (Wildman–Crippen LogP) is 7.62. The summed E-state index contributed by atoms with van der Waals surface area (Å²) in [6, 6.07) is 28.7. The largest absolute Gasteiger partial charge is 0.497 e. The SMILES string of the molecule is CCOc1ccc2oc(-c3ccccc3)c(C(=O)Oc3ccccc3C=CC(=O)c3ccc(OC)cc3)c2c1. The van der Waals surface area contributed by atoms with Crippen molar-refractivity contribution in [2.24, 2.45) is 0 Å². The average Bonchev–Trinajstić information content (AvgIpc) is 3.36. The fourth-order valence-corrected chi connectivity index (χ4v) is 4.21. The molecule has 0 aliphatic heterocycles. The number of methoxy groups -OCH3 is 1. The molecule has 0 N–H and O–H groups in total. The van der Waals surface area contributed by atoms with E-state index in [0.29, 0.717) is 57.3 Å². The highest BCUT2D eigenvalue weighted by Gasteiger charge is 2.25. The van der Waals surface area contributed by atoms with Gasteiger partial charge in [-0.1, -0.05) is 48.5 Å². The fraction of sp³-hybridized carbons (Fsp3) is 0.0909. The summed E-state index contributed by atoms with van der Waals surface area (Å²) < 4.78 is 22.9. The number of hydrogen-bond donors (Lipinski definition) is 0. The van der Waals surface area contributed by atoms with Crippen LogP contribution in [0.5, 0.6) is 17.2 Å². The Morgan fingerprint density at radius 3 is 2.31 bits per heavy atom. The van der Waals surface area contributed by atoms with Gasteiger partial charge in [-0.05, 0) is 67.6 Å². The lowest BCUT2D eigenvalue weighted by Crippen LogP contribution is -2.10. The molecule has 39 heavy (non-hydrogen) atoms. The van der Waals surface area contributed by atoms with Crippen LogP contribution >= 0.6 is 0 Å². The molecule has 5 rings (SSSR count). The molecule has 0 atom stereocenters.